The topological polar surface area (TPSA) is 58.6 Å². The van der Waals surface area contributed by atoms with Gasteiger partial charge in [0.1, 0.15) is 11.6 Å². The van der Waals surface area contributed by atoms with Crippen LogP contribution in [0, 0.1) is 11.7 Å². The Bertz CT molecular complexity index is 437. The quantitative estimate of drug-likeness (QED) is 0.806. The van der Waals surface area contributed by atoms with Gasteiger partial charge in [0.25, 0.3) is 5.91 Å². The van der Waals surface area contributed by atoms with Crippen LogP contribution in [0.1, 0.15) is 27.2 Å². The molecule has 2 N–H and O–H groups in total. The van der Waals surface area contributed by atoms with Gasteiger partial charge >= 0.3 is 0 Å². The van der Waals surface area contributed by atoms with Gasteiger partial charge in [0, 0.05) is 18.7 Å². The first-order valence-corrected chi connectivity index (χ1v) is 6.77. The predicted molar refractivity (Wildman–Crippen MR) is 75.0 cm³/mol. The highest BCUT2D eigenvalue weighted by atomic mass is 19.1. The molecule has 0 aromatic heterocycles. The summed E-state index contributed by atoms with van der Waals surface area (Å²) in [4.78, 5) is 12.0. The maximum absolute atomic E-state index is 13.0. The first-order chi connectivity index (χ1) is 9.43. The number of amides is 1. The van der Waals surface area contributed by atoms with E-state index >= 15 is 0 Å². The van der Waals surface area contributed by atoms with E-state index in [1.807, 2.05) is 13.8 Å². The van der Waals surface area contributed by atoms with Gasteiger partial charge in [0.15, 0.2) is 6.10 Å². The molecule has 20 heavy (non-hydrogen) atoms. The van der Waals surface area contributed by atoms with E-state index in [1.54, 1.807) is 13.0 Å². The van der Waals surface area contributed by atoms with Gasteiger partial charge < -0.3 is 15.2 Å². The van der Waals surface area contributed by atoms with Gasteiger partial charge in [-0.1, -0.05) is 19.9 Å². The van der Waals surface area contributed by atoms with Gasteiger partial charge in [-0.25, -0.2) is 4.39 Å². The van der Waals surface area contributed by atoms with E-state index in [9.17, 15) is 9.18 Å². The summed E-state index contributed by atoms with van der Waals surface area (Å²) in [6, 6.07) is 5.56. The van der Waals surface area contributed by atoms with Crippen molar-refractivity contribution in [2.75, 3.05) is 6.61 Å². The van der Waals surface area contributed by atoms with Crippen LogP contribution in [0.4, 0.5) is 4.39 Å². The number of carbonyl (C=O) groups excluding carboxylic acids is 1. The van der Waals surface area contributed by atoms with Crippen molar-refractivity contribution >= 4 is 5.91 Å². The van der Waals surface area contributed by atoms with Crippen molar-refractivity contribution in [3.05, 3.63) is 30.1 Å². The van der Waals surface area contributed by atoms with E-state index in [0.29, 0.717) is 12.2 Å². The van der Waals surface area contributed by atoms with Crippen LogP contribution >= 0.6 is 0 Å². The summed E-state index contributed by atoms with van der Waals surface area (Å²) < 4.78 is 18.4. The van der Waals surface area contributed by atoms with Gasteiger partial charge in [-0.05, 0) is 31.4 Å². The molecular formula is C15H22FNO3. The Morgan fingerprint density at radius 2 is 2.10 bits per heavy atom. The van der Waals surface area contributed by atoms with E-state index in [2.05, 4.69) is 5.32 Å². The van der Waals surface area contributed by atoms with Crippen molar-refractivity contribution in [1.82, 2.24) is 5.32 Å². The molecule has 0 fully saturated rings. The lowest BCUT2D eigenvalue weighted by molar-refractivity contribution is -0.128. The maximum atomic E-state index is 13.0. The van der Waals surface area contributed by atoms with Crippen LogP contribution in [-0.4, -0.2) is 29.8 Å². The molecule has 2 unspecified atom stereocenters. The largest absolute Gasteiger partial charge is 0.481 e. The van der Waals surface area contributed by atoms with Gasteiger partial charge in [-0.3, -0.25) is 4.79 Å². The second-order valence-electron chi connectivity index (χ2n) is 5.09. The second kappa shape index (κ2) is 7.85. The zero-order valence-electron chi connectivity index (χ0n) is 12.1. The number of aliphatic hydroxyl groups excluding tert-OH is 1. The van der Waals surface area contributed by atoms with Gasteiger partial charge in [-0.2, -0.15) is 0 Å². The minimum Gasteiger partial charge on any atom is -0.481 e. The van der Waals surface area contributed by atoms with Crippen molar-refractivity contribution in [2.45, 2.75) is 39.3 Å². The lowest BCUT2D eigenvalue weighted by atomic mass is 10.0. The fraction of sp³-hybridized carbons (Fsp3) is 0.533. The molecule has 1 aromatic rings. The predicted octanol–water partition coefficient (Wildman–Crippen LogP) is 2.12. The molecule has 1 aromatic carbocycles. The van der Waals surface area contributed by atoms with Gasteiger partial charge in [0.05, 0.1) is 0 Å². The molecule has 4 nitrogen and oxygen atoms in total. The van der Waals surface area contributed by atoms with Crippen molar-refractivity contribution in [3.8, 4) is 5.75 Å². The third-order valence-corrected chi connectivity index (χ3v) is 3.05. The number of rotatable bonds is 7. The van der Waals surface area contributed by atoms with Gasteiger partial charge in [0.2, 0.25) is 0 Å². The summed E-state index contributed by atoms with van der Waals surface area (Å²) in [6.07, 6.45) is -0.229. The van der Waals surface area contributed by atoms with Crippen LogP contribution in [0.3, 0.4) is 0 Å². The summed E-state index contributed by atoms with van der Waals surface area (Å²) in [5.74, 6) is -0.153. The van der Waals surface area contributed by atoms with E-state index in [4.69, 9.17) is 9.84 Å². The average Bonchev–Trinajstić information content (AvgIpc) is 2.37. The number of hydrogen-bond donors (Lipinski definition) is 2. The number of nitrogens with one attached hydrogen (secondary N) is 1. The van der Waals surface area contributed by atoms with E-state index in [0.717, 1.165) is 0 Å². The number of carbonyl (C=O) groups is 1. The highest BCUT2D eigenvalue weighted by molar-refractivity contribution is 5.81. The van der Waals surface area contributed by atoms with Crippen LogP contribution in [0.15, 0.2) is 24.3 Å². The molecule has 0 aliphatic heterocycles. The number of hydrogen-bond acceptors (Lipinski definition) is 3. The molecular weight excluding hydrogens is 261 g/mol. The van der Waals surface area contributed by atoms with Crippen LogP contribution in [0.5, 0.6) is 5.75 Å². The minimum absolute atomic E-state index is 0.0161. The first-order valence-electron chi connectivity index (χ1n) is 6.77. The van der Waals surface area contributed by atoms with Crippen molar-refractivity contribution in [3.63, 3.8) is 0 Å². The Hall–Kier alpha value is -1.62. The van der Waals surface area contributed by atoms with Crippen LogP contribution in [0.25, 0.3) is 0 Å². The second-order valence-corrected chi connectivity index (χ2v) is 5.09. The standard InChI is InChI=1S/C15H22FNO3/c1-10(2)14(7-8-18)17-15(19)11(3)20-13-6-4-5-12(16)9-13/h4-6,9-11,14,18H,7-8H2,1-3H3,(H,17,19). The number of benzene rings is 1. The Morgan fingerprint density at radius 1 is 1.40 bits per heavy atom. The number of ether oxygens (including phenoxy) is 1. The normalized spacial score (nSPS) is 13.9. The SMILES string of the molecule is CC(Oc1cccc(F)c1)C(=O)NC(CCO)C(C)C. The maximum Gasteiger partial charge on any atom is 0.261 e. The number of halogens is 1. The van der Waals surface area contributed by atoms with Crippen molar-refractivity contribution in [1.29, 1.82) is 0 Å². The number of aliphatic hydroxyl groups is 1. The third-order valence-electron chi connectivity index (χ3n) is 3.05. The highest BCUT2D eigenvalue weighted by Crippen LogP contribution is 2.14. The lowest BCUT2D eigenvalue weighted by Crippen LogP contribution is -2.45. The van der Waals surface area contributed by atoms with E-state index in [-0.39, 0.29) is 24.5 Å². The van der Waals surface area contributed by atoms with E-state index in [1.165, 1.54) is 18.2 Å². The zero-order valence-corrected chi connectivity index (χ0v) is 12.1. The molecule has 0 spiro atoms. The van der Waals surface area contributed by atoms with Crippen LogP contribution in [0.2, 0.25) is 0 Å². The van der Waals surface area contributed by atoms with Crippen LogP contribution in [-0.2, 0) is 4.79 Å². The Morgan fingerprint density at radius 3 is 2.65 bits per heavy atom. The van der Waals surface area contributed by atoms with Crippen molar-refractivity contribution < 1.29 is 19.0 Å². The molecule has 0 aliphatic rings. The monoisotopic (exact) mass is 283 g/mol. The molecule has 0 aliphatic carbocycles. The molecule has 112 valence electrons. The molecule has 0 heterocycles. The van der Waals surface area contributed by atoms with Gasteiger partial charge in [-0.15, -0.1) is 0 Å². The third kappa shape index (κ3) is 5.17. The molecule has 1 amide bonds. The fourth-order valence-corrected chi connectivity index (χ4v) is 1.81. The van der Waals surface area contributed by atoms with Crippen LogP contribution < -0.4 is 10.1 Å². The Labute approximate surface area is 119 Å². The Kier molecular flexibility index (Phi) is 6.45. The fourth-order valence-electron chi connectivity index (χ4n) is 1.81. The molecule has 1 rings (SSSR count). The lowest BCUT2D eigenvalue weighted by Gasteiger charge is -2.24. The highest BCUT2D eigenvalue weighted by Gasteiger charge is 2.21. The summed E-state index contributed by atoms with van der Waals surface area (Å²) in [5, 5.41) is 11.8. The molecule has 0 saturated carbocycles. The summed E-state index contributed by atoms with van der Waals surface area (Å²) >= 11 is 0. The van der Waals surface area contributed by atoms with Crippen molar-refractivity contribution in [2.24, 2.45) is 5.92 Å². The Balaban J connectivity index is 2.58. The molecule has 0 radical (unpaired) electrons. The smallest absolute Gasteiger partial charge is 0.261 e. The summed E-state index contributed by atoms with van der Waals surface area (Å²) in [7, 11) is 0. The van der Waals surface area contributed by atoms with E-state index < -0.39 is 11.9 Å². The summed E-state index contributed by atoms with van der Waals surface area (Å²) in [5.41, 5.74) is 0. The zero-order chi connectivity index (χ0) is 15.1. The molecule has 2 atom stereocenters. The molecule has 5 heteroatoms. The average molecular weight is 283 g/mol. The minimum atomic E-state index is -0.725. The summed E-state index contributed by atoms with van der Waals surface area (Å²) in [6.45, 7) is 5.57. The molecule has 0 bridgehead atoms. The first kappa shape index (κ1) is 16.4. The molecule has 0 saturated heterocycles.